The van der Waals surface area contributed by atoms with Crippen molar-refractivity contribution < 1.29 is 34.6 Å². The normalized spacial score (nSPS) is 32.2. The molecule has 0 aromatic heterocycles. The largest absolute Gasteiger partial charge is 0.394 e. The van der Waals surface area contributed by atoms with Crippen LogP contribution in [0, 0.1) is 5.92 Å². The van der Waals surface area contributed by atoms with Crippen LogP contribution in [0.15, 0.2) is 42.5 Å². The van der Waals surface area contributed by atoms with Crippen LogP contribution in [0.2, 0.25) is 5.02 Å². The summed E-state index contributed by atoms with van der Waals surface area (Å²) in [5.41, 5.74) is 3.56. The summed E-state index contributed by atoms with van der Waals surface area (Å²) < 4.78 is 16.8. The summed E-state index contributed by atoms with van der Waals surface area (Å²) in [6.07, 6.45) is -3.07. The minimum atomic E-state index is -1.77. The first-order valence-corrected chi connectivity index (χ1v) is 11.6. The van der Waals surface area contributed by atoms with Crippen LogP contribution in [0.5, 0.6) is 0 Å². The molecule has 180 valence electrons. The summed E-state index contributed by atoms with van der Waals surface area (Å²) in [5.74, 6) is -1.19. The van der Waals surface area contributed by atoms with E-state index >= 15 is 0 Å². The van der Waals surface area contributed by atoms with Crippen molar-refractivity contribution in [1.29, 1.82) is 0 Å². The molecule has 7 nitrogen and oxygen atoms in total. The fourth-order valence-electron chi connectivity index (χ4n) is 4.68. The van der Waals surface area contributed by atoms with Crippen molar-refractivity contribution in [2.24, 2.45) is 5.92 Å². The molecule has 0 spiro atoms. The van der Waals surface area contributed by atoms with Crippen LogP contribution in [0.3, 0.4) is 0 Å². The van der Waals surface area contributed by atoms with Crippen molar-refractivity contribution in [3.63, 3.8) is 0 Å². The third kappa shape index (κ3) is 4.97. The Morgan fingerprint density at radius 2 is 1.79 bits per heavy atom. The van der Waals surface area contributed by atoms with Crippen LogP contribution < -0.4 is 0 Å². The Kier molecular flexibility index (Phi) is 7.73. The number of aliphatic hydroxyl groups excluding tert-OH is 4. The number of benzene rings is 2. The highest BCUT2D eigenvalue weighted by Gasteiger charge is 2.55. The Morgan fingerprint density at radius 3 is 2.42 bits per heavy atom. The first-order valence-electron chi connectivity index (χ1n) is 11.2. The molecular formula is C25H31ClO7. The van der Waals surface area contributed by atoms with Gasteiger partial charge in [-0.25, -0.2) is 0 Å². The van der Waals surface area contributed by atoms with Gasteiger partial charge in [0.2, 0.25) is 5.79 Å². The molecular weight excluding hydrogens is 448 g/mol. The van der Waals surface area contributed by atoms with Gasteiger partial charge in [0.05, 0.1) is 6.61 Å². The van der Waals surface area contributed by atoms with Gasteiger partial charge in [-0.1, -0.05) is 41.9 Å². The molecule has 0 radical (unpaired) electrons. The lowest BCUT2D eigenvalue weighted by Crippen LogP contribution is -2.64. The fourth-order valence-corrected chi connectivity index (χ4v) is 4.87. The second kappa shape index (κ2) is 10.4. The number of halogens is 1. The summed E-state index contributed by atoms with van der Waals surface area (Å²) >= 11 is 6.48. The zero-order chi connectivity index (χ0) is 23.6. The number of hydrogen-bond acceptors (Lipinski definition) is 7. The third-order valence-electron chi connectivity index (χ3n) is 6.67. The van der Waals surface area contributed by atoms with Crippen LogP contribution in [0.1, 0.15) is 28.7 Å². The van der Waals surface area contributed by atoms with Gasteiger partial charge in [0.15, 0.2) is 0 Å². The minimum absolute atomic E-state index is 0.430. The maximum atomic E-state index is 10.7. The van der Waals surface area contributed by atoms with E-state index in [4.69, 9.17) is 25.8 Å². The summed E-state index contributed by atoms with van der Waals surface area (Å²) in [5, 5.41) is 41.3. The van der Waals surface area contributed by atoms with Gasteiger partial charge in [0.1, 0.15) is 24.4 Å². The van der Waals surface area contributed by atoms with E-state index in [-0.39, 0.29) is 0 Å². The van der Waals surface area contributed by atoms with E-state index in [1.807, 2.05) is 0 Å². The molecule has 0 amide bonds. The van der Waals surface area contributed by atoms with Crippen LogP contribution >= 0.6 is 11.6 Å². The van der Waals surface area contributed by atoms with Crippen LogP contribution in [-0.4, -0.2) is 71.8 Å². The number of hydrogen-bond donors (Lipinski definition) is 4. The highest BCUT2D eigenvalue weighted by molar-refractivity contribution is 6.31. The minimum Gasteiger partial charge on any atom is -0.394 e. The van der Waals surface area contributed by atoms with Crippen molar-refractivity contribution in [2.75, 3.05) is 26.9 Å². The topological polar surface area (TPSA) is 109 Å². The molecule has 0 saturated carbocycles. The molecule has 0 unspecified atom stereocenters. The summed E-state index contributed by atoms with van der Waals surface area (Å²) in [6, 6.07) is 13.5. The van der Waals surface area contributed by atoms with E-state index in [0.29, 0.717) is 22.9 Å². The van der Waals surface area contributed by atoms with Crippen LogP contribution in [0.25, 0.3) is 0 Å². The molecule has 0 aliphatic carbocycles. The molecule has 2 heterocycles. The molecule has 2 aromatic rings. The summed E-state index contributed by atoms with van der Waals surface area (Å²) in [7, 11) is 1.34. The molecule has 6 atom stereocenters. The Bertz CT molecular complexity index is 929. The Balaban J connectivity index is 1.57. The van der Waals surface area contributed by atoms with Gasteiger partial charge in [0.25, 0.3) is 0 Å². The summed E-state index contributed by atoms with van der Waals surface area (Å²) in [6.45, 7) is 1.12. The predicted molar refractivity (Wildman–Crippen MR) is 122 cm³/mol. The number of methoxy groups -OCH3 is 1. The molecule has 2 aliphatic heterocycles. The van der Waals surface area contributed by atoms with E-state index in [0.717, 1.165) is 37.2 Å². The van der Waals surface area contributed by atoms with Gasteiger partial charge in [0, 0.05) is 30.9 Å². The lowest BCUT2D eigenvalue weighted by atomic mass is 9.87. The number of ether oxygens (including phenoxy) is 3. The van der Waals surface area contributed by atoms with Gasteiger partial charge in [-0.3, -0.25) is 0 Å². The zero-order valence-electron chi connectivity index (χ0n) is 18.6. The predicted octanol–water partition coefficient (Wildman–Crippen LogP) is 1.78. The monoisotopic (exact) mass is 478 g/mol. The molecule has 4 rings (SSSR count). The van der Waals surface area contributed by atoms with Crippen LogP contribution in [-0.2, 0) is 32.8 Å². The summed E-state index contributed by atoms with van der Waals surface area (Å²) in [4.78, 5) is 0. The van der Waals surface area contributed by atoms with E-state index in [1.54, 1.807) is 18.2 Å². The molecule has 4 N–H and O–H groups in total. The molecule has 2 saturated heterocycles. The maximum absolute atomic E-state index is 10.7. The number of aliphatic hydroxyl groups is 4. The van der Waals surface area contributed by atoms with Crippen LogP contribution in [0.4, 0.5) is 0 Å². The SMILES string of the molecule is CO[C@@]1(c2ccc(Cl)c(Cc3ccc(C[C@H]4CCOC4)cc3)c2)O[C@H](CO)[C@@H](O)[C@H](O)[C@H]1O. The quantitative estimate of drug-likeness (QED) is 0.480. The standard InChI is InChI=1S/C25H31ClO7/c1-31-25(24(30)23(29)22(28)21(13-27)33-25)19-6-7-20(26)18(12-19)11-16-4-2-15(3-5-16)10-17-8-9-32-14-17/h2-7,12,17,21-24,27-30H,8-11,13-14H2,1H3/t17-,21-,22-,23+,24-,25+/m1/s1. The first-order chi connectivity index (χ1) is 15.9. The molecule has 33 heavy (non-hydrogen) atoms. The Morgan fingerprint density at radius 1 is 1.06 bits per heavy atom. The van der Waals surface area contributed by atoms with Crippen molar-refractivity contribution in [2.45, 2.75) is 49.5 Å². The van der Waals surface area contributed by atoms with E-state index in [9.17, 15) is 20.4 Å². The van der Waals surface area contributed by atoms with Gasteiger partial charge in [-0.05, 0) is 54.0 Å². The smallest absolute Gasteiger partial charge is 0.224 e. The van der Waals surface area contributed by atoms with Crippen molar-refractivity contribution in [3.05, 3.63) is 69.7 Å². The molecule has 8 heteroatoms. The van der Waals surface area contributed by atoms with E-state index in [2.05, 4.69) is 24.3 Å². The fraction of sp³-hybridized carbons (Fsp3) is 0.520. The lowest BCUT2D eigenvalue weighted by molar-refractivity contribution is -0.366. The number of rotatable bonds is 7. The maximum Gasteiger partial charge on any atom is 0.224 e. The Labute approximate surface area is 198 Å². The molecule has 2 aliphatic rings. The van der Waals surface area contributed by atoms with Crippen molar-refractivity contribution in [3.8, 4) is 0 Å². The first kappa shape index (κ1) is 24.6. The Hall–Kier alpha value is -1.55. The average molecular weight is 479 g/mol. The molecule has 2 aromatic carbocycles. The average Bonchev–Trinajstić information content (AvgIpc) is 3.34. The highest BCUT2D eigenvalue weighted by Crippen LogP contribution is 2.40. The second-order valence-corrected chi connectivity index (χ2v) is 9.28. The van der Waals surface area contributed by atoms with Crippen molar-refractivity contribution in [1.82, 2.24) is 0 Å². The van der Waals surface area contributed by atoms with E-state index in [1.165, 1.54) is 12.7 Å². The van der Waals surface area contributed by atoms with Crippen molar-refractivity contribution >= 4 is 11.6 Å². The second-order valence-electron chi connectivity index (χ2n) is 8.87. The van der Waals surface area contributed by atoms with Gasteiger partial charge in [-0.2, -0.15) is 0 Å². The zero-order valence-corrected chi connectivity index (χ0v) is 19.3. The van der Waals surface area contributed by atoms with Gasteiger partial charge < -0.3 is 34.6 Å². The van der Waals surface area contributed by atoms with Gasteiger partial charge in [-0.15, -0.1) is 0 Å². The molecule has 0 bridgehead atoms. The lowest BCUT2D eigenvalue weighted by Gasteiger charge is -2.47. The third-order valence-corrected chi connectivity index (χ3v) is 7.04. The molecule has 2 fully saturated rings. The van der Waals surface area contributed by atoms with Gasteiger partial charge >= 0.3 is 0 Å². The highest BCUT2D eigenvalue weighted by atomic mass is 35.5. The van der Waals surface area contributed by atoms with E-state index < -0.39 is 36.8 Å².